The van der Waals surface area contributed by atoms with Crippen molar-refractivity contribution in [3.8, 4) is 5.75 Å². The highest BCUT2D eigenvalue weighted by Gasteiger charge is 2.54. The quantitative estimate of drug-likeness (QED) is 0.487. The van der Waals surface area contributed by atoms with E-state index in [1.54, 1.807) is 6.07 Å². The fraction of sp³-hybridized carbons (Fsp3) is 0.613. The zero-order valence-electron chi connectivity index (χ0n) is 23.5. The minimum Gasteiger partial charge on any atom is -0.477 e. The molecule has 216 valence electrons. The first kappa shape index (κ1) is 27.5. The highest BCUT2D eigenvalue weighted by molar-refractivity contribution is 7.90. The second-order valence-electron chi connectivity index (χ2n) is 12.6. The fourth-order valence-electron chi connectivity index (χ4n) is 7.14. The molecule has 1 spiro atoms. The third-order valence-corrected chi connectivity index (χ3v) is 11.1. The zero-order chi connectivity index (χ0) is 28.0. The van der Waals surface area contributed by atoms with Crippen LogP contribution in [0.1, 0.15) is 94.1 Å². The Morgan fingerprint density at radius 2 is 1.75 bits per heavy atom. The maximum atomic E-state index is 13.4. The Hall–Kier alpha value is -2.65. The molecule has 1 aromatic carbocycles. The molecule has 4 fully saturated rings. The molecule has 0 bridgehead atoms. The molecular weight excluding hydrogens is 524 g/mol. The van der Waals surface area contributed by atoms with Gasteiger partial charge in [-0.05, 0) is 86.1 Å². The lowest BCUT2D eigenvalue weighted by Crippen LogP contribution is -2.47. The lowest BCUT2D eigenvalue weighted by atomic mass is 9.74. The largest absolute Gasteiger partial charge is 0.477 e. The SMILES string of the molecule is Cc1ccc(C2CCCCC2)c(OC2(C(=O)NS(=O)(=O)c3cccc(N4CCC5(CCCC5N)CC4)n3)CC2)c1. The maximum Gasteiger partial charge on any atom is 0.281 e. The van der Waals surface area contributed by atoms with Crippen molar-refractivity contribution in [2.24, 2.45) is 11.1 Å². The summed E-state index contributed by atoms with van der Waals surface area (Å²) in [6.07, 6.45) is 12.3. The number of amides is 1. The number of nitrogens with one attached hydrogen (secondary N) is 1. The van der Waals surface area contributed by atoms with Crippen LogP contribution in [0, 0.1) is 12.3 Å². The Balaban J connectivity index is 1.15. The number of benzene rings is 1. The number of pyridine rings is 1. The van der Waals surface area contributed by atoms with E-state index in [9.17, 15) is 13.2 Å². The molecule has 3 aliphatic carbocycles. The van der Waals surface area contributed by atoms with Crippen molar-refractivity contribution < 1.29 is 17.9 Å². The van der Waals surface area contributed by atoms with Crippen molar-refractivity contribution in [1.29, 1.82) is 0 Å². The van der Waals surface area contributed by atoms with Crippen LogP contribution in [0.15, 0.2) is 41.4 Å². The minimum atomic E-state index is -4.16. The smallest absolute Gasteiger partial charge is 0.281 e. The van der Waals surface area contributed by atoms with E-state index < -0.39 is 21.5 Å². The summed E-state index contributed by atoms with van der Waals surface area (Å²) in [4.78, 5) is 20.0. The van der Waals surface area contributed by atoms with Crippen LogP contribution < -0.4 is 20.1 Å². The molecule has 1 amide bonds. The number of aryl methyl sites for hydroxylation is 1. The lowest BCUT2D eigenvalue weighted by Gasteiger charge is -2.42. The molecule has 1 aliphatic heterocycles. The molecule has 3 saturated carbocycles. The highest BCUT2D eigenvalue weighted by Crippen LogP contribution is 2.47. The van der Waals surface area contributed by atoms with E-state index in [1.807, 2.05) is 19.1 Å². The first-order valence-corrected chi connectivity index (χ1v) is 16.5. The van der Waals surface area contributed by atoms with Crippen LogP contribution in [-0.2, 0) is 14.8 Å². The molecule has 4 aliphatic rings. The Kier molecular flexibility index (Phi) is 7.32. The van der Waals surface area contributed by atoms with Crippen molar-refractivity contribution in [3.63, 3.8) is 0 Å². The second kappa shape index (κ2) is 10.6. The molecular formula is C31H42N4O4S. The summed E-state index contributed by atoms with van der Waals surface area (Å²) in [6.45, 7) is 3.60. The number of hydrogen-bond acceptors (Lipinski definition) is 7. The van der Waals surface area contributed by atoms with Gasteiger partial charge in [-0.25, -0.2) is 9.71 Å². The number of nitrogens with two attached hydrogens (primary N) is 1. The van der Waals surface area contributed by atoms with Crippen molar-refractivity contribution in [3.05, 3.63) is 47.5 Å². The number of rotatable bonds is 7. The number of piperidine rings is 1. The first-order valence-electron chi connectivity index (χ1n) is 15.0. The molecule has 1 unspecified atom stereocenters. The molecule has 40 heavy (non-hydrogen) atoms. The Bertz CT molecular complexity index is 1360. The van der Waals surface area contributed by atoms with Crippen LogP contribution in [0.3, 0.4) is 0 Å². The van der Waals surface area contributed by atoms with Gasteiger partial charge < -0.3 is 15.4 Å². The van der Waals surface area contributed by atoms with Gasteiger partial charge in [0.1, 0.15) is 11.6 Å². The van der Waals surface area contributed by atoms with Crippen molar-refractivity contribution >= 4 is 21.7 Å². The predicted molar refractivity (Wildman–Crippen MR) is 155 cm³/mol. The molecule has 1 aromatic heterocycles. The average Bonchev–Trinajstić information content (AvgIpc) is 3.66. The molecule has 3 N–H and O–H groups in total. The number of anilines is 1. The normalized spacial score (nSPS) is 24.1. The van der Waals surface area contributed by atoms with Crippen molar-refractivity contribution in [1.82, 2.24) is 9.71 Å². The van der Waals surface area contributed by atoms with Crippen LogP contribution >= 0.6 is 0 Å². The maximum absolute atomic E-state index is 13.4. The minimum absolute atomic E-state index is 0.148. The van der Waals surface area contributed by atoms with Gasteiger partial charge >= 0.3 is 0 Å². The average molecular weight is 567 g/mol. The van der Waals surface area contributed by atoms with Gasteiger partial charge in [0.2, 0.25) is 0 Å². The summed E-state index contributed by atoms with van der Waals surface area (Å²) >= 11 is 0. The summed E-state index contributed by atoms with van der Waals surface area (Å²) in [5.41, 5.74) is 7.66. The zero-order valence-corrected chi connectivity index (χ0v) is 24.3. The van der Waals surface area contributed by atoms with Crippen LogP contribution in [-0.4, -0.2) is 44.0 Å². The number of carbonyl (C=O) groups excluding carboxylic acids is 1. The number of carbonyl (C=O) groups is 1. The fourth-order valence-corrected chi connectivity index (χ4v) is 8.15. The number of hydrogen-bond donors (Lipinski definition) is 2. The van der Waals surface area contributed by atoms with Gasteiger partial charge in [0.15, 0.2) is 10.6 Å². The van der Waals surface area contributed by atoms with E-state index in [4.69, 9.17) is 10.5 Å². The first-order chi connectivity index (χ1) is 19.2. The summed E-state index contributed by atoms with van der Waals surface area (Å²) < 4.78 is 35.3. The van der Waals surface area contributed by atoms with Gasteiger partial charge in [0, 0.05) is 32.0 Å². The van der Waals surface area contributed by atoms with Crippen LogP contribution in [0.25, 0.3) is 0 Å². The molecule has 6 rings (SSSR count). The molecule has 2 heterocycles. The van der Waals surface area contributed by atoms with Crippen LogP contribution in [0.2, 0.25) is 0 Å². The van der Waals surface area contributed by atoms with Gasteiger partial charge in [0.05, 0.1) is 0 Å². The van der Waals surface area contributed by atoms with Crippen LogP contribution in [0.4, 0.5) is 5.82 Å². The molecule has 1 saturated heterocycles. The van der Waals surface area contributed by atoms with E-state index in [1.165, 1.54) is 38.2 Å². The van der Waals surface area contributed by atoms with Crippen LogP contribution in [0.5, 0.6) is 5.75 Å². The predicted octanol–water partition coefficient (Wildman–Crippen LogP) is 4.95. The van der Waals surface area contributed by atoms with Gasteiger partial charge in [-0.15, -0.1) is 0 Å². The topological polar surface area (TPSA) is 115 Å². The molecule has 2 aromatic rings. The number of nitrogens with zero attached hydrogens (tertiary/aromatic N) is 2. The Labute approximate surface area is 238 Å². The highest BCUT2D eigenvalue weighted by atomic mass is 32.2. The van der Waals surface area contributed by atoms with Gasteiger partial charge in [-0.1, -0.05) is 43.9 Å². The molecule has 9 heteroatoms. The van der Waals surface area contributed by atoms with Gasteiger partial charge in [-0.3, -0.25) is 4.79 Å². The van der Waals surface area contributed by atoms with Crippen molar-refractivity contribution in [2.75, 3.05) is 18.0 Å². The third-order valence-electron chi connectivity index (χ3n) is 9.91. The summed E-state index contributed by atoms with van der Waals surface area (Å²) in [5, 5.41) is -0.148. The Morgan fingerprint density at radius 1 is 1.00 bits per heavy atom. The van der Waals surface area contributed by atoms with E-state index in [0.717, 1.165) is 56.3 Å². The van der Waals surface area contributed by atoms with E-state index >= 15 is 0 Å². The number of ether oxygens (including phenoxy) is 1. The summed E-state index contributed by atoms with van der Waals surface area (Å²) in [7, 11) is -4.16. The number of sulfonamides is 1. The van der Waals surface area contributed by atoms with Gasteiger partial charge in [0.25, 0.3) is 15.9 Å². The molecule has 8 nitrogen and oxygen atoms in total. The summed E-state index contributed by atoms with van der Waals surface area (Å²) in [5.74, 6) is 1.12. The third kappa shape index (κ3) is 5.34. The lowest BCUT2D eigenvalue weighted by molar-refractivity contribution is -0.128. The standard InChI is InChI=1S/C31H42N4O4S/c1-22-12-13-24(23-7-3-2-4-8-23)25(21-22)39-31(15-16-31)29(36)34-40(37,38)28-11-5-10-27(33-28)35-19-17-30(18-20-35)14-6-9-26(30)32/h5,10-13,21,23,26H,2-4,6-9,14-20,32H2,1H3,(H,34,36). The molecule has 1 atom stereocenters. The van der Waals surface area contributed by atoms with E-state index in [2.05, 4.69) is 26.7 Å². The second-order valence-corrected chi connectivity index (χ2v) is 14.2. The number of aromatic nitrogens is 1. The Morgan fingerprint density at radius 3 is 2.42 bits per heavy atom. The molecule has 0 radical (unpaired) electrons. The summed E-state index contributed by atoms with van der Waals surface area (Å²) in [6, 6.07) is 11.4. The van der Waals surface area contributed by atoms with E-state index in [-0.39, 0.29) is 16.5 Å². The van der Waals surface area contributed by atoms with Gasteiger partial charge in [-0.2, -0.15) is 8.42 Å². The van der Waals surface area contributed by atoms with E-state index in [0.29, 0.717) is 30.3 Å². The van der Waals surface area contributed by atoms with Crippen molar-refractivity contribution in [2.45, 2.75) is 107 Å². The monoisotopic (exact) mass is 566 g/mol.